The topological polar surface area (TPSA) is 103 Å². The molecule has 0 radical (unpaired) electrons. The maximum Gasteiger partial charge on any atom is 0.159 e. The quantitative estimate of drug-likeness (QED) is 0.247. The van der Waals surface area contributed by atoms with Crippen molar-refractivity contribution in [2.45, 2.75) is 38.5 Å². The standard InChI is InChI=1S/C34H28N8/c1-33(2)25-17-21(29-35-9-5-10-36-29)23(31-39-13-7-14-40-31)19-27(25)34(3,4)28-20-24(32-41-15-8-16-42-32)22(18-26(28)33)30-37-11-6-12-38-30/h5-20H,1-4H3. The second-order valence-corrected chi connectivity index (χ2v) is 11.4. The van der Waals surface area contributed by atoms with E-state index in [9.17, 15) is 0 Å². The van der Waals surface area contributed by atoms with E-state index in [-0.39, 0.29) is 10.8 Å². The van der Waals surface area contributed by atoms with Crippen LogP contribution < -0.4 is 0 Å². The van der Waals surface area contributed by atoms with E-state index in [1.807, 2.05) is 24.3 Å². The monoisotopic (exact) mass is 548 g/mol. The molecule has 0 saturated heterocycles. The minimum absolute atomic E-state index is 0.376. The summed E-state index contributed by atoms with van der Waals surface area (Å²) in [6, 6.07) is 16.2. The molecule has 0 bridgehead atoms. The molecule has 7 rings (SSSR count). The second kappa shape index (κ2) is 9.69. The first-order chi connectivity index (χ1) is 20.4. The fraction of sp³-hybridized carbons (Fsp3) is 0.176. The highest BCUT2D eigenvalue weighted by molar-refractivity contribution is 5.84. The molecule has 0 fully saturated rings. The van der Waals surface area contributed by atoms with Crippen molar-refractivity contribution in [2.24, 2.45) is 0 Å². The minimum atomic E-state index is -0.376. The van der Waals surface area contributed by atoms with E-state index in [2.05, 4.69) is 91.8 Å². The van der Waals surface area contributed by atoms with Crippen molar-refractivity contribution < 1.29 is 0 Å². The van der Waals surface area contributed by atoms with Crippen LogP contribution in [0.5, 0.6) is 0 Å². The van der Waals surface area contributed by atoms with Crippen molar-refractivity contribution in [2.75, 3.05) is 0 Å². The van der Waals surface area contributed by atoms with E-state index in [4.69, 9.17) is 0 Å². The molecule has 0 atom stereocenters. The van der Waals surface area contributed by atoms with Crippen LogP contribution in [-0.4, -0.2) is 39.9 Å². The molecule has 2 aromatic carbocycles. The van der Waals surface area contributed by atoms with Crippen molar-refractivity contribution in [1.29, 1.82) is 0 Å². The normalized spacial score (nSPS) is 14.6. The zero-order chi connectivity index (χ0) is 28.9. The molecule has 0 spiro atoms. The van der Waals surface area contributed by atoms with E-state index >= 15 is 0 Å². The molecule has 0 N–H and O–H groups in total. The van der Waals surface area contributed by atoms with Crippen LogP contribution in [0, 0.1) is 0 Å². The van der Waals surface area contributed by atoms with E-state index in [0.29, 0.717) is 23.3 Å². The van der Waals surface area contributed by atoms with Gasteiger partial charge in [-0.25, -0.2) is 39.9 Å². The Morgan fingerprint density at radius 1 is 0.333 bits per heavy atom. The summed E-state index contributed by atoms with van der Waals surface area (Å²) in [5.74, 6) is 2.54. The summed E-state index contributed by atoms with van der Waals surface area (Å²) in [6.45, 7) is 9.07. The van der Waals surface area contributed by atoms with Gasteiger partial charge in [-0.1, -0.05) is 27.7 Å². The summed E-state index contributed by atoms with van der Waals surface area (Å²) in [5.41, 5.74) is 7.64. The molecule has 1 aliphatic rings. The average Bonchev–Trinajstić information content (AvgIpc) is 3.04. The van der Waals surface area contributed by atoms with Crippen molar-refractivity contribution in [1.82, 2.24) is 39.9 Å². The van der Waals surface area contributed by atoms with Gasteiger partial charge >= 0.3 is 0 Å². The summed E-state index contributed by atoms with van der Waals surface area (Å²) in [5, 5.41) is 0. The number of benzene rings is 2. The number of hydrogen-bond acceptors (Lipinski definition) is 8. The first-order valence-corrected chi connectivity index (χ1v) is 13.8. The zero-order valence-corrected chi connectivity index (χ0v) is 23.8. The van der Waals surface area contributed by atoms with Gasteiger partial charge in [-0.3, -0.25) is 0 Å². The maximum atomic E-state index is 4.61. The molecule has 42 heavy (non-hydrogen) atoms. The van der Waals surface area contributed by atoms with Gasteiger partial charge < -0.3 is 0 Å². The molecule has 1 aliphatic carbocycles. The summed E-state index contributed by atoms with van der Waals surface area (Å²) < 4.78 is 0. The number of hydrogen-bond donors (Lipinski definition) is 0. The van der Waals surface area contributed by atoms with Crippen LogP contribution in [-0.2, 0) is 10.8 Å². The SMILES string of the molecule is CC1(C)c2cc(-c3ncccn3)c(-c3ncccn3)cc2C(C)(C)c2cc(-c3ncccn3)c(-c3ncccn3)cc21. The van der Waals surface area contributed by atoms with Gasteiger partial charge in [0.05, 0.1) is 0 Å². The lowest BCUT2D eigenvalue weighted by atomic mass is 9.59. The zero-order valence-electron chi connectivity index (χ0n) is 23.8. The molecule has 204 valence electrons. The Labute approximate surface area is 244 Å². The Balaban J connectivity index is 1.53. The second-order valence-electron chi connectivity index (χ2n) is 11.4. The van der Waals surface area contributed by atoms with E-state index < -0.39 is 0 Å². The predicted molar refractivity (Wildman–Crippen MR) is 161 cm³/mol. The molecule has 4 heterocycles. The molecule has 0 aliphatic heterocycles. The summed E-state index contributed by atoms with van der Waals surface area (Å²) in [7, 11) is 0. The number of aromatic nitrogens is 8. The van der Waals surface area contributed by atoms with Gasteiger partial charge in [-0.2, -0.15) is 0 Å². The lowest BCUT2D eigenvalue weighted by molar-refractivity contribution is 0.521. The highest BCUT2D eigenvalue weighted by Gasteiger charge is 2.43. The van der Waals surface area contributed by atoms with Crippen LogP contribution in [0.3, 0.4) is 0 Å². The third kappa shape index (κ3) is 4.06. The summed E-state index contributed by atoms with van der Waals surface area (Å²) in [4.78, 5) is 36.9. The predicted octanol–water partition coefficient (Wildman–Crippen LogP) is 6.48. The number of fused-ring (bicyclic) bond motifs is 2. The third-order valence-electron chi connectivity index (χ3n) is 8.24. The first kappa shape index (κ1) is 25.7. The van der Waals surface area contributed by atoms with Gasteiger partial charge in [0.2, 0.25) is 0 Å². The van der Waals surface area contributed by atoms with Crippen LogP contribution in [0.25, 0.3) is 45.6 Å². The van der Waals surface area contributed by atoms with Crippen molar-refractivity contribution in [3.05, 3.63) is 120 Å². The number of nitrogens with zero attached hydrogens (tertiary/aromatic N) is 8. The molecular weight excluding hydrogens is 520 g/mol. The summed E-state index contributed by atoms with van der Waals surface area (Å²) >= 11 is 0. The maximum absolute atomic E-state index is 4.61. The summed E-state index contributed by atoms with van der Waals surface area (Å²) in [6.07, 6.45) is 14.1. The van der Waals surface area contributed by atoms with Gasteiger partial charge in [-0.15, -0.1) is 0 Å². The smallest absolute Gasteiger partial charge is 0.159 e. The Hall–Kier alpha value is -5.24. The molecule has 0 unspecified atom stereocenters. The molecule has 6 aromatic rings. The minimum Gasteiger partial charge on any atom is -0.237 e. The fourth-order valence-corrected chi connectivity index (χ4v) is 6.05. The molecule has 8 heteroatoms. The highest BCUT2D eigenvalue weighted by Crippen LogP contribution is 2.53. The van der Waals surface area contributed by atoms with Crippen molar-refractivity contribution >= 4 is 0 Å². The van der Waals surface area contributed by atoms with E-state index in [0.717, 1.165) is 22.3 Å². The Kier molecular flexibility index (Phi) is 5.93. The van der Waals surface area contributed by atoms with Crippen molar-refractivity contribution in [3.63, 3.8) is 0 Å². The largest absolute Gasteiger partial charge is 0.237 e. The first-order valence-electron chi connectivity index (χ1n) is 13.8. The molecule has 8 nitrogen and oxygen atoms in total. The van der Waals surface area contributed by atoms with Gasteiger partial charge in [0.25, 0.3) is 0 Å². The van der Waals surface area contributed by atoms with Crippen LogP contribution in [0.1, 0.15) is 49.9 Å². The molecule has 0 amide bonds. The Morgan fingerprint density at radius 3 is 0.714 bits per heavy atom. The highest BCUT2D eigenvalue weighted by atomic mass is 14.9. The fourth-order valence-electron chi connectivity index (χ4n) is 6.05. The van der Waals surface area contributed by atoms with Crippen LogP contribution in [0.15, 0.2) is 98.1 Å². The van der Waals surface area contributed by atoms with Crippen LogP contribution >= 0.6 is 0 Å². The number of rotatable bonds is 4. The molecule has 0 saturated carbocycles. The Morgan fingerprint density at radius 2 is 0.524 bits per heavy atom. The Bertz CT molecular complexity index is 1630. The van der Waals surface area contributed by atoms with Crippen LogP contribution in [0.2, 0.25) is 0 Å². The van der Waals surface area contributed by atoms with Gasteiger partial charge in [-0.05, 0) is 70.8 Å². The van der Waals surface area contributed by atoms with Gasteiger partial charge in [0.1, 0.15) is 0 Å². The van der Waals surface area contributed by atoms with E-state index in [1.54, 1.807) is 49.6 Å². The van der Waals surface area contributed by atoms with Crippen LogP contribution in [0.4, 0.5) is 0 Å². The average molecular weight is 549 g/mol. The third-order valence-corrected chi connectivity index (χ3v) is 8.24. The van der Waals surface area contributed by atoms with Gasteiger partial charge in [0, 0.05) is 82.7 Å². The molecular formula is C34H28N8. The van der Waals surface area contributed by atoms with Crippen molar-refractivity contribution in [3.8, 4) is 45.6 Å². The lowest BCUT2D eigenvalue weighted by Crippen LogP contribution is -2.37. The lowest BCUT2D eigenvalue weighted by Gasteiger charge is -2.45. The van der Waals surface area contributed by atoms with Gasteiger partial charge in [0.15, 0.2) is 23.3 Å². The van der Waals surface area contributed by atoms with E-state index in [1.165, 1.54) is 22.3 Å². The molecule has 4 aromatic heterocycles.